The molecule has 2 heterocycles. The van der Waals surface area contributed by atoms with Gasteiger partial charge in [0, 0.05) is 11.6 Å². The number of nitrogens with zero attached hydrogens (tertiary/aromatic N) is 1. The molecule has 3 N–H and O–H groups in total. The van der Waals surface area contributed by atoms with Crippen LogP contribution in [0.3, 0.4) is 0 Å². The van der Waals surface area contributed by atoms with Gasteiger partial charge in [-0.15, -0.1) is 0 Å². The number of hydrogen-bond donors (Lipinski definition) is 3. The molecule has 8 nitrogen and oxygen atoms in total. The second kappa shape index (κ2) is 6.10. The second-order valence-corrected chi connectivity index (χ2v) is 8.46. The third kappa shape index (κ3) is 2.86. The third-order valence-electron chi connectivity index (χ3n) is 4.88. The lowest BCUT2D eigenvalue weighted by atomic mass is 10.0. The summed E-state index contributed by atoms with van der Waals surface area (Å²) in [7, 11) is -3.79. The van der Waals surface area contributed by atoms with Crippen LogP contribution in [0.4, 0.5) is 0 Å². The smallest absolute Gasteiger partial charge is 0.323 e. The number of fused-ring (bicyclic) bond motifs is 1. The van der Waals surface area contributed by atoms with Gasteiger partial charge < -0.3 is 14.5 Å². The highest BCUT2D eigenvalue weighted by atomic mass is 32.2. The summed E-state index contributed by atoms with van der Waals surface area (Å²) in [5.74, 6) is 0.590. The molecule has 1 aliphatic rings. The van der Waals surface area contributed by atoms with E-state index in [9.17, 15) is 13.2 Å². The van der Waals surface area contributed by atoms with Crippen molar-refractivity contribution in [3.05, 3.63) is 34.1 Å². The Bertz CT molecular complexity index is 1110. The SMILES string of the molecule is Cc1noc(C)c1-c1cc(S(=O)(=O)NC2CCCC2)c2[nH]c(=O)[nH]c2c1. The summed E-state index contributed by atoms with van der Waals surface area (Å²) in [5.41, 5.74) is 2.28. The van der Waals surface area contributed by atoms with Crippen molar-refractivity contribution in [3.63, 3.8) is 0 Å². The number of aromatic nitrogens is 3. The fourth-order valence-corrected chi connectivity index (χ4v) is 5.20. The van der Waals surface area contributed by atoms with Gasteiger partial charge in [0.2, 0.25) is 10.0 Å². The molecule has 9 heteroatoms. The molecule has 0 spiro atoms. The Balaban J connectivity index is 1.91. The molecule has 1 aliphatic carbocycles. The Kier molecular flexibility index (Phi) is 4.00. The Morgan fingerprint density at radius 1 is 1.19 bits per heavy atom. The standard InChI is InChI=1S/C17H20N4O4S/c1-9-15(10(2)25-20-9)11-7-13-16(19-17(22)18-13)14(8-11)26(23,24)21-12-5-3-4-6-12/h7-8,12,21H,3-6H2,1-2H3,(H2,18,19,22). The number of sulfonamides is 1. The van der Waals surface area contributed by atoms with E-state index in [4.69, 9.17) is 4.52 Å². The van der Waals surface area contributed by atoms with Gasteiger partial charge in [0.05, 0.1) is 16.7 Å². The molecule has 138 valence electrons. The average molecular weight is 376 g/mol. The van der Waals surface area contributed by atoms with Crippen LogP contribution in [0.5, 0.6) is 0 Å². The highest BCUT2D eigenvalue weighted by Crippen LogP contribution is 2.32. The van der Waals surface area contributed by atoms with Crippen molar-refractivity contribution in [2.45, 2.75) is 50.5 Å². The van der Waals surface area contributed by atoms with E-state index in [1.54, 1.807) is 26.0 Å². The molecule has 0 unspecified atom stereocenters. The number of imidazole rings is 1. The van der Waals surface area contributed by atoms with Crippen LogP contribution in [0.2, 0.25) is 0 Å². The maximum absolute atomic E-state index is 13.0. The predicted octanol–water partition coefficient (Wildman–Crippen LogP) is 2.35. The Hall–Kier alpha value is -2.39. The number of aryl methyl sites for hydroxylation is 2. The van der Waals surface area contributed by atoms with Crippen molar-refractivity contribution in [2.75, 3.05) is 0 Å². The molecule has 0 bridgehead atoms. The van der Waals surface area contributed by atoms with Crippen LogP contribution in [-0.4, -0.2) is 29.6 Å². The largest absolute Gasteiger partial charge is 0.361 e. The van der Waals surface area contributed by atoms with E-state index in [1.807, 2.05) is 0 Å². The minimum absolute atomic E-state index is 0.0512. The van der Waals surface area contributed by atoms with Crippen molar-refractivity contribution in [1.82, 2.24) is 19.8 Å². The van der Waals surface area contributed by atoms with E-state index in [2.05, 4.69) is 19.8 Å². The van der Waals surface area contributed by atoms with Crippen molar-refractivity contribution in [2.24, 2.45) is 0 Å². The lowest BCUT2D eigenvalue weighted by Crippen LogP contribution is -2.32. The fourth-order valence-electron chi connectivity index (χ4n) is 3.69. The van der Waals surface area contributed by atoms with E-state index in [0.717, 1.165) is 31.2 Å². The molecule has 1 fully saturated rings. The third-order valence-corrected chi connectivity index (χ3v) is 6.42. The van der Waals surface area contributed by atoms with Crippen LogP contribution >= 0.6 is 0 Å². The van der Waals surface area contributed by atoms with Gasteiger partial charge >= 0.3 is 5.69 Å². The van der Waals surface area contributed by atoms with Crippen molar-refractivity contribution in [1.29, 1.82) is 0 Å². The van der Waals surface area contributed by atoms with Crippen LogP contribution < -0.4 is 10.4 Å². The highest BCUT2D eigenvalue weighted by Gasteiger charge is 2.27. The van der Waals surface area contributed by atoms with Gasteiger partial charge in [-0.1, -0.05) is 18.0 Å². The number of H-pyrrole nitrogens is 2. The van der Waals surface area contributed by atoms with Crippen molar-refractivity contribution < 1.29 is 12.9 Å². The van der Waals surface area contributed by atoms with E-state index in [1.165, 1.54) is 0 Å². The number of rotatable bonds is 4. The molecule has 2 aromatic heterocycles. The highest BCUT2D eigenvalue weighted by molar-refractivity contribution is 7.89. The van der Waals surface area contributed by atoms with Gasteiger partial charge in [-0.3, -0.25) is 0 Å². The molecule has 26 heavy (non-hydrogen) atoms. The first-order chi connectivity index (χ1) is 12.3. The topological polar surface area (TPSA) is 121 Å². The van der Waals surface area contributed by atoms with Crippen molar-refractivity contribution >= 4 is 21.1 Å². The van der Waals surface area contributed by atoms with Gasteiger partial charge in [0.15, 0.2) is 0 Å². The first-order valence-corrected chi connectivity index (χ1v) is 10.0. The molecule has 1 aromatic carbocycles. The summed E-state index contributed by atoms with van der Waals surface area (Å²) in [5, 5.41) is 3.93. The molecule has 0 radical (unpaired) electrons. The van der Waals surface area contributed by atoms with Crippen LogP contribution in [0, 0.1) is 13.8 Å². The Morgan fingerprint density at radius 3 is 2.58 bits per heavy atom. The first kappa shape index (κ1) is 17.0. The monoisotopic (exact) mass is 376 g/mol. The summed E-state index contributed by atoms with van der Waals surface area (Å²) in [4.78, 5) is 17.1. The number of nitrogens with one attached hydrogen (secondary N) is 3. The van der Waals surface area contributed by atoms with Gasteiger partial charge in [-0.25, -0.2) is 17.9 Å². The second-order valence-electron chi connectivity index (χ2n) is 6.78. The van der Waals surface area contributed by atoms with Gasteiger partial charge in [0.1, 0.15) is 10.7 Å². The zero-order valence-corrected chi connectivity index (χ0v) is 15.4. The quantitative estimate of drug-likeness (QED) is 0.645. The van der Waals surface area contributed by atoms with Crippen molar-refractivity contribution in [3.8, 4) is 11.1 Å². The molecule has 0 atom stereocenters. The van der Waals surface area contributed by atoms with Gasteiger partial charge in [-0.2, -0.15) is 0 Å². The lowest BCUT2D eigenvalue weighted by molar-refractivity contribution is 0.393. The lowest BCUT2D eigenvalue weighted by Gasteiger charge is -2.14. The van der Waals surface area contributed by atoms with E-state index in [0.29, 0.717) is 22.5 Å². The minimum atomic E-state index is -3.79. The molecule has 4 rings (SSSR count). The summed E-state index contributed by atoms with van der Waals surface area (Å²) in [6, 6.07) is 3.23. The molecular formula is C17H20N4O4S. The number of aromatic amines is 2. The predicted molar refractivity (Wildman–Crippen MR) is 96.5 cm³/mol. The summed E-state index contributed by atoms with van der Waals surface area (Å²) >= 11 is 0. The van der Waals surface area contributed by atoms with Gasteiger partial charge in [0.25, 0.3) is 0 Å². The number of benzene rings is 1. The molecule has 0 saturated heterocycles. The zero-order chi connectivity index (χ0) is 18.5. The zero-order valence-electron chi connectivity index (χ0n) is 14.5. The van der Waals surface area contributed by atoms with Gasteiger partial charge in [-0.05, 0) is 44.4 Å². The first-order valence-electron chi connectivity index (χ1n) is 8.57. The van der Waals surface area contributed by atoms with E-state index < -0.39 is 15.7 Å². The Morgan fingerprint density at radius 2 is 1.92 bits per heavy atom. The summed E-state index contributed by atoms with van der Waals surface area (Å²) < 4.78 is 34.0. The molecule has 0 aliphatic heterocycles. The van der Waals surface area contributed by atoms with E-state index >= 15 is 0 Å². The van der Waals surface area contributed by atoms with Crippen LogP contribution in [0.1, 0.15) is 37.1 Å². The average Bonchev–Trinajstić information content (AvgIpc) is 3.26. The molecule has 1 saturated carbocycles. The maximum Gasteiger partial charge on any atom is 0.323 e. The molecular weight excluding hydrogens is 356 g/mol. The molecule has 0 amide bonds. The Labute approximate surface area is 150 Å². The van der Waals surface area contributed by atoms with Crippen LogP contribution in [0.15, 0.2) is 26.3 Å². The summed E-state index contributed by atoms with van der Waals surface area (Å²) in [6.07, 6.45) is 3.69. The normalized spacial score (nSPS) is 15.9. The van der Waals surface area contributed by atoms with Crippen LogP contribution in [0.25, 0.3) is 22.2 Å². The van der Waals surface area contributed by atoms with E-state index in [-0.39, 0.29) is 16.5 Å². The fraction of sp³-hybridized carbons (Fsp3) is 0.412. The summed E-state index contributed by atoms with van der Waals surface area (Å²) in [6.45, 7) is 3.56. The van der Waals surface area contributed by atoms with Crippen LogP contribution in [-0.2, 0) is 10.0 Å². The minimum Gasteiger partial charge on any atom is -0.361 e. The maximum atomic E-state index is 13.0. The number of hydrogen-bond acceptors (Lipinski definition) is 5. The molecule has 3 aromatic rings.